The third-order valence-corrected chi connectivity index (χ3v) is 4.86. The predicted octanol–water partition coefficient (Wildman–Crippen LogP) is 4.50. The van der Waals surface area contributed by atoms with Crippen molar-refractivity contribution in [3.8, 4) is 5.88 Å². The number of hydrogen-bond donors (Lipinski definition) is 1. The van der Waals surface area contributed by atoms with E-state index in [9.17, 15) is 9.59 Å². The molecule has 0 fully saturated rings. The van der Waals surface area contributed by atoms with Crippen LogP contribution in [0.15, 0.2) is 60.9 Å². The summed E-state index contributed by atoms with van der Waals surface area (Å²) in [6.45, 7) is 4.57. The zero-order valence-corrected chi connectivity index (χ0v) is 18.4. The fraction of sp³-hybridized carbons (Fsp3) is 0.200. The highest BCUT2D eigenvalue weighted by Gasteiger charge is 2.14. The second-order valence-corrected chi connectivity index (χ2v) is 7.27. The number of carbonyl (C=O) groups is 2. The van der Waals surface area contributed by atoms with Gasteiger partial charge in [0.05, 0.1) is 30.4 Å². The van der Waals surface area contributed by atoms with Gasteiger partial charge in [0.15, 0.2) is 0 Å². The maximum absolute atomic E-state index is 12.6. The lowest BCUT2D eigenvalue weighted by molar-refractivity contribution is -0.111. The number of benzene rings is 1. The van der Waals surface area contributed by atoms with Crippen molar-refractivity contribution < 1.29 is 19.1 Å². The Kier molecular flexibility index (Phi) is 6.64. The minimum Gasteiger partial charge on any atom is -0.477 e. The normalized spacial score (nSPS) is 11.2. The first-order valence-electron chi connectivity index (χ1n) is 10.7. The molecule has 33 heavy (non-hydrogen) atoms. The molecule has 8 heteroatoms. The Morgan fingerprint density at radius 1 is 1.15 bits per heavy atom. The molecule has 3 aromatic heterocycles. The number of carbonyl (C=O) groups excluding carboxylic acids is 2. The van der Waals surface area contributed by atoms with Crippen LogP contribution in [-0.4, -0.2) is 39.7 Å². The van der Waals surface area contributed by atoms with Gasteiger partial charge in [-0.3, -0.25) is 4.79 Å². The molecule has 0 atom stereocenters. The van der Waals surface area contributed by atoms with Crippen LogP contribution < -0.4 is 10.1 Å². The molecule has 0 saturated heterocycles. The first kappa shape index (κ1) is 22.0. The predicted molar refractivity (Wildman–Crippen MR) is 126 cm³/mol. The van der Waals surface area contributed by atoms with E-state index in [-0.39, 0.29) is 12.5 Å². The van der Waals surface area contributed by atoms with Gasteiger partial charge in [0.1, 0.15) is 5.56 Å². The molecule has 8 nitrogen and oxygen atoms in total. The van der Waals surface area contributed by atoms with Crippen molar-refractivity contribution in [2.24, 2.45) is 0 Å². The molecule has 0 bridgehead atoms. The van der Waals surface area contributed by atoms with Crippen molar-refractivity contribution in [3.63, 3.8) is 0 Å². The second-order valence-electron chi connectivity index (χ2n) is 7.27. The number of nitrogens with zero attached hydrogens (tertiary/aromatic N) is 3. The summed E-state index contributed by atoms with van der Waals surface area (Å²) in [6, 6.07) is 13.1. The molecular weight excluding hydrogens is 420 g/mol. The van der Waals surface area contributed by atoms with E-state index >= 15 is 0 Å². The van der Waals surface area contributed by atoms with Crippen LogP contribution >= 0.6 is 0 Å². The Morgan fingerprint density at radius 2 is 2.00 bits per heavy atom. The van der Waals surface area contributed by atoms with Crippen LogP contribution in [0.2, 0.25) is 0 Å². The third kappa shape index (κ3) is 5.01. The molecule has 3 heterocycles. The number of fused-ring (bicyclic) bond motifs is 2. The van der Waals surface area contributed by atoms with E-state index in [0.29, 0.717) is 34.8 Å². The van der Waals surface area contributed by atoms with Gasteiger partial charge in [-0.25, -0.2) is 14.3 Å². The summed E-state index contributed by atoms with van der Waals surface area (Å²) in [4.78, 5) is 29.3. The standard InChI is InChI=1S/C25H24N4O4/c1-3-13-33-24-18(14-17-7-5-6-8-21(17)28-24)9-10-23(30)27-19-11-12-29-22(15-19)20(16-26-29)25(31)32-4-2/h5-12,14-16H,3-4,13H2,1-2H3,(H,27,30)/b10-9+. The van der Waals surface area contributed by atoms with E-state index in [4.69, 9.17) is 9.47 Å². The van der Waals surface area contributed by atoms with Crippen LogP contribution in [-0.2, 0) is 9.53 Å². The average Bonchev–Trinajstić information content (AvgIpc) is 3.24. The third-order valence-electron chi connectivity index (χ3n) is 4.86. The van der Waals surface area contributed by atoms with Crippen LogP contribution in [0.5, 0.6) is 5.88 Å². The van der Waals surface area contributed by atoms with Crippen LogP contribution in [0.3, 0.4) is 0 Å². The molecule has 1 N–H and O–H groups in total. The summed E-state index contributed by atoms with van der Waals surface area (Å²) in [5, 5.41) is 7.91. The zero-order valence-electron chi connectivity index (χ0n) is 18.4. The van der Waals surface area contributed by atoms with Crippen LogP contribution in [0.4, 0.5) is 5.69 Å². The second kappa shape index (κ2) is 9.95. The molecule has 168 valence electrons. The number of pyridine rings is 2. The molecule has 0 saturated carbocycles. The molecule has 0 aliphatic rings. The van der Waals surface area contributed by atoms with Crippen molar-refractivity contribution in [2.45, 2.75) is 20.3 Å². The van der Waals surface area contributed by atoms with E-state index < -0.39 is 5.97 Å². The summed E-state index contributed by atoms with van der Waals surface area (Å²) in [5.74, 6) is -0.301. The monoisotopic (exact) mass is 444 g/mol. The maximum Gasteiger partial charge on any atom is 0.341 e. The highest BCUT2D eigenvalue weighted by atomic mass is 16.5. The van der Waals surface area contributed by atoms with Gasteiger partial charge in [0.25, 0.3) is 0 Å². The Labute approximate surface area is 190 Å². The highest BCUT2D eigenvalue weighted by Crippen LogP contribution is 2.24. The van der Waals surface area contributed by atoms with Crippen molar-refractivity contribution >= 4 is 40.1 Å². The van der Waals surface area contributed by atoms with Gasteiger partial charge >= 0.3 is 5.97 Å². The van der Waals surface area contributed by atoms with Gasteiger partial charge < -0.3 is 14.8 Å². The summed E-state index contributed by atoms with van der Waals surface area (Å²) >= 11 is 0. The van der Waals surface area contributed by atoms with Crippen LogP contribution in [0, 0.1) is 0 Å². The number of amides is 1. The molecule has 0 aliphatic heterocycles. The molecular formula is C25H24N4O4. The number of esters is 1. The zero-order chi connectivity index (χ0) is 23.2. The quantitative estimate of drug-likeness (QED) is 0.318. The van der Waals surface area contributed by atoms with Crippen molar-refractivity contribution in [2.75, 3.05) is 18.5 Å². The van der Waals surface area contributed by atoms with Gasteiger partial charge in [0, 0.05) is 28.9 Å². The highest BCUT2D eigenvalue weighted by molar-refractivity contribution is 6.03. The minimum atomic E-state index is -0.459. The molecule has 0 radical (unpaired) electrons. The first-order valence-corrected chi connectivity index (χ1v) is 10.7. The SMILES string of the molecule is CCCOc1nc2ccccc2cc1/C=C/C(=O)Nc1ccn2ncc(C(=O)OCC)c2c1. The fourth-order valence-corrected chi connectivity index (χ4v) is 3.32. The topological polar surface area (TPSA) is 94.8 Å². The van der Waals surface area contributed by atoms with Crippen molar-refractivity contribution in [1.29, 1.82) is 0 Å². The van der Waals surface area contributed by atoms with E-state index in [1.54, 1.807) is 35.8 Å². The Bertz CT molecular complexity index is 1340. The van der Waals surface area contributed by atoms with Crippen LogP contribution in [0.1, 0.15) is 36.2 Å². The lowest BCUT2D eigenvalue weighted by atomic mass is 10.1. The van der Waals surface area contributed by atoms with Gasteiger partial charge in [-0.1, -0.05) is 25.1 Å². The largest absolute Gasteiger partial charge is 0.477 e. The number of nitrogens with one attached hydrogen (secondary N) is 1. The first-order chi connectivity index (χ1) is 16.1. The smallest absolute Gasteiger partial charge is 0.341 e. The number of ether oxygens (including phenoxy) is 2. The lowest BCUT2D eigenvalue weighted by Crippen LogP contribution is -2.09. The van der Waals surface area contributed by atoms with Crippen molar-refractivity contribution in [3.05, 3.63) is 72.1 Å². The average molecular weight is 444 g/mol. The molecule has 0 unspecified atom stereocenters. The summed E-state index contributed by atoms with van der Waals surface area (Å²) in [5.41, 5.74) is 2.96. The number of aromatic nitrogens is 3. The maximum atomic E-state index is 12.6. The number of para-hydroxylation sites is 1. The fourth-order valence-electron chi connectivity index (χ4n) is 3.32. The van der Waals surface area contributed by atoms with Gasteiger partial charge in [-0.05, 0) is 43.7 Å². The van der Waals surface area contributed by atoms with Gasteiger partial charge in [-0.15, -0.1) is 0 Å². The molecule has 1 aromatic carbocycles. The van der Waals surface area contributed by atoms with Gasteiger partial charge in [0.2, 0.25) is 11.8 Å². The number of hydrogen-bond acceptors (Lipinski definition) is 6. The van der Waals surface area contributed by atoms with Gasteiger partial charge in [-0.2, -0.15) is 5.10 Å². The van der Waals surface area contributed by atoms with E-state index in [0.717, 1.165) is 17.3 Å². The van der Waals surface area contributed by atoms with Crippen LogP contribution in [0.25, 0.3) is 22.5 Å². The minimum absolute atomic E-state index is 0.269. The molecule has 0 spiro atoms. The lowest BCUT2D eigenvalue weighted by Gasteiger charge is -2.09. The van der Waals surface area contributed by atoms with E-state index in [1.165, 1.54) is 12.3 Å². The number of rotatable bonds is 8. The van der Waals surface area contributed by atoms with E-state index in [1.807, 2.05) is 37.3 Å². The number of anilines is 1. The molecule has 4 aromatic rings. The summed E-state index contributed by atoms with van der Waals surface area (Å²) in [6.07, 6.45) is 7.08. The summed E-state index contributed by atoms with van der Waals surface area (Å²) in [7, 11) is 0. The Balaban J connectivity index is 1.55. The van der Waals surface area contributed by atoms with Crippen molar-refractivity contribution in [1.82, 2.24) is 14.6 Å². The summed E-state index contributed by atoms with van der Waals surface area (Å²) < 4.78 is 12.4. The molecule has 4 rings (SSSR count). The Morgan fingerprint density at radius 3 is 2.82 bits per heavy atom. The molecule has 1 amide bonds. The molecule has 0 aliphatic carbocycles. The Hall–Kier alpha value is -4.20. The van der Waals surface area contributed by atoms with E-state index in [2.05, 4.69) is 15.4 Å².